The Labute approximate surface area is 85.1 Å². The zero-order chi connectivity index (χ0) is 10.2. The monoisotopic (exact) mass is 232 g/mol. The molecule has 0 N–H and O–H groups in total. The first-order valence-electron chi connectivity index (χ1n) is 4.10. The van der Waals surface area contributed by atoms with E-state index < -0.39 is 9.84 Å². The van der Waals surface area contributed by atoms with Gasteiger partial charge in [0.1, 0.15) is 5.01 Å². The average molecular weight is 232 g/mol. The molecule has 2 heterocycles. The second-order valence-electron chi connectivity index (χ2n) is 3.20. The number of aromatic nitrogens is 2. The van der Waals surface area contributed by atoms with Crippen LogP contribution in [0.15, 0.2) is 0 Å². The van der Waals surface area contributed by atoms with Gasteiger partial charge in [-0.3, -0.25) is 4.79 Å². The van der Waals surface area contributed by atoms with E-state index in [2.05, 4.69) is 10.2 Å². The van der Waals surface area contributed by atoms with Gasteiger partial charge in [-0.25, -0.2) is 8.42 Å². The van der Waals surface area contributed by atoms with Gasteiger partial charge < -0.3 is 0 Å². The molecule has 76 valence electrons. The molecule has 1 aromatic rings. The van der Waals surface area contributed by atoms with Crippen molar-refractivity contribution in [3.8, 4) is 0 Å². The lowest BCUT2D eigenvalue weighted by atomic mass is 10.1. The fourth-order valence-electron chi connectivity index (χ4n) is 1.45. The van der Waals surface area contributed by atoms with Crippen molar-refractivity contribution >= 4 is 27.5 Å². The van der Waals surface area contributed by atoms with Crippen molar-refractivity contribution in [1.29, 1.82) is 0 Å². The summed E-state index contributed by atoms with van der Waals surface area (Å²) < 4.78 is 22.4. The normalized spacial score (nSPS) is 25.0. The predicted molar refractivity (Wildman–Crippen MR) is 51.3 cm³/mol. The predicted octanol–water partition coefficient (Wildman–Crippen LogP) is 0.253. The van der Waals surface area contributed by atoms with Crippen molar-refractivity contribution in [3.63, 3.8) is 0 Å². The van der Waals surface area contributed by atoms with Gasteiger partial charge >= 0.3 is 0 Å². The summed E-state index contributed by atoms with van der Waals surface area (Å²) in [6, 6.07) is 0. The van der Waals surface area contributed by atoms with Crippen LogP contribution in [0.5, 0.6) is 0 Å². The Hall–Kier alpha value is -0.820. The molecule has 1 aromatic heterocycles. The minimum absolute atomic E-state index is 0.0637. The molecule has 1 aliphatic heterocycles. The standard InChI is InChI=1S/C7H8N2O3S2/c10-3-6-8-9-7(13-6)5-1-2-14(11,12)4-5/h3,5H,1-2,4H2. The molecule has 5 nitrogen and oxygen atoms in total. The molecule has 1 saturated heterocycles. The van der Waals surface area contributed by atoms with Gasteiger partial charge in [-0.15, -0.1) is 10.2 Å². The van der Waals surface area contributed by atoms with Crippen molar-refractivity contribution in [2.45, 2.75) is 12.3 Å². The van der Waals surface area contributed by atoms with Gasteiger partial charge in [0.15, 0.2) is 21.1 Å². The molecule has 1 unspecified atom stereocenters. The second-order valence-corrected chi connectivity index (χ2v) is 6.47. The summed E-state index contributed by atoms with van der Waals surface area (Å²) in [7, 11) is -2.89. The van der Waals surface area contributed by atoms with E-state index in [0.717, 1.165) is 0 Å². The highest BCUT2D eigenvalue weighted by molar-refractivity contribution is 7.91. The van der Waals surface area contributed by atoms with Gasteiger partial charge in [-0.05, 0) is 6.42 Å². The van der Waals surface area contributed by atoms with Crippen LogP contribution in [0.2, 0.25) is 0 Å². The Balaban J connectivity index is 2.21. The van der Waals surface area contributed by atoms with Crippen LogP contribution in [-0.4, -0.2) is 36.4 Å². The maximum Gasteiger partial charge on any atom is 0.180 e. The molecule has 0 aliphatic carbocycles. The molecule has 1 aliphatic rings. The summed E-state index contributed by atoms with van der Waals surface area (Å²) >= 11 is 1.18. The Bertz CT molecular complexity index is 451. The van der Waals surface area contributed by atoms with Crippen LogP contribution < -0.4 is 0 Å². The van der Waals surface area contributed by atoms with Crippen molar-refractivity contribution in [2.24, 2.45) is 0 Å². The zero-order valence-corrected chi connectivity index (χ0v) is 8.84. The Kier molecular flexibility index (Phi) is 2.36. The van der Waals surface area contributed by atoms with Gasteiger partial charge in [0, 0.05) is 5.92 Å². The second kappa shape index (κ2) is 3.39. The molecule has 1 fully saturated rings. The van der Waals surface area contributed by atoms with Crippen molar-refractivity contribution < 1.29 is 13.2 Å². The first-order chi connectivity index (χ1) is 6.61. The minimum Gasteiger partial charge on any atom is -0.295 e. The van der Waals surface area contributed by atoms with E-state index in [4.69, 9.17) is 0 Å². The van der Waals surface area contributed by atoms with Crippen LogP contribution in [0.1, 0.15) is 27.1 Å². The van der Waals surface area contributed by atoms with Crippen LogP contribution in [0.3, 0.4) is 0 Å². The SMILES string of the molecule is O=Cc1nnc(C2CCS(=O)(=O)C2)s1. The molecule has 0 amide bonds. The summed E-state index contributed by atoms with van der Waals surface area (Å²) in [5.74, 6) is 0.292. The van der Waals surface area contributed by atoms with E-state index in [9.17, 15) is 13.2 Å². The lowest BCUT2D eigenvalue weighted by molar-refractivity contribution is 0.112. The number of carbonyl (C=O) groups excluding carboxylic acids is 1. The van der Waals surface area contributed by atoms with Crippen LogP contribution >= 0.6 is 11.3 Å². The largest absolute Gasteiger partial charge is 0.295 e. The average Bonchev–Trinajstić information content (AvgIpc) is 2.70. The lowest BCUT2D eigenvalue weighted by Crippen LogP contribution is -2.03. The molecular weight excluding hydrogens is 224 g/mol. The van der Waals surface area contributed by atoms with Crippen molar-refractivity contribution in [3.05, 3.63) is 10.0 Å². The number of aldehydes is 1. The summed E-state index contributed by atoms with van der Waals surface area (Å²) in [4.78, 5) is 10.4. The zero-order valence-electron chi connectivity index (χ0n) is 7.21. The number of sulfone groups is 1. The Morgan fingerprint density at radius 3 is 2.71 bits per heavy atom. The molecule has 0 spiro atoms. The Morgan fingerprint density at radius 1 is 1.43 bits per heavy atom. The van der Waals surface area contributed by atoms with E-state index in [1.807, 2.05) is 0 Å². The highest BCUT2D eigenvalue weighted by atomic mass is 32.2. The molecule has 7 heteroatoms. The van der Waals surface area contributed by atoms with Gasteiger partial charge in [-0.2, -0.15) is 0 Å². The third-order valence-electron chi connectivity index (χ3n) is 2.14. The maximum absolute atomic E-state index is 11.2. The molecule has 14 heavy (non-hydrogen) atoms. The third-order valence-corrected chi connectivity index (χ3v) is 4.92. The number of rotatable bonds is 2. The van der Waals surface area contributed by atoms with Gasteiger partial charge in [0.25, 0.3) is 0 Å². The van der Waals surface area contributed by atoms with E-state index in [1.165, 1.54) is 11.3 Å². The molecule has 0 radical (unpaired) electrons. The summed E-state index contributed by atoms with van der Waals surface area (Å²) in [5.41, 5.74) is 0. The number of hydrogen-bond acceptors (Lipinski definition) is 6. The number of nitrogens with zero attached hydrogens (tertiary/aromatic N) is 2. The first-order valence-corrected chi connectivity index (χ1v) is 6.73. The molecular formula is C7H8N2O3S2. The highest BCUT2D eigenvalue weighted by Gasteiger charge is 2.31. The third kappa shape index (κ3) is 1.83. The number of hydrogen-bond donors (Lipinski definition) is 0. The molecule has 2 rings (SSSR count). The van der Waals surface area contributed by atoms with Crippen LogP contribution in [0.25, 0.3) is 0 Å². The quantitative estimate of drug-likeness (QED) is 0.683. The van der Waals surface area contributed by atoms with E-state index in [1.54, 1.807) is 0 Å². The van der Waals surface area contributed by atoms with E-state index in [0.29, 0.717) is 22.7 Å². The highest BCUT2D eigenvalue weighted by Crippen LogP contribution is 2.30. The van der Waals surface area contributed by atoms with Crippen LogP contribution in [0.4, 0.5) is 0 Å². The van der Waals surface area contributed by atoms with E-state index in [-0.39, 0.29) is 17.4 Å². The molecule has 0 bridgehead atoms. The van der Waals surface area contributed by atoms with Gasteiger partial charge in [-0.1, -0.05) is 11.3 Å². The van der Waals surface area contributed by atoms with Crippen molar-refractivity contribution in [2.75, 3.05) is 11.5 Å². The summed E-state index contributed by atoms with van der Waals surface area (Å²) in [5, 5.41) is 8.41. The first kappa shape index (κ1) is 9.72. The van der Waals surface area contributed by atoms with E-state index >= 15 is 0 Å². The van der Waals surface area contributed by atoms with Gasteiger partial charge in [0.2, 0.25) is 0 Å². The minimum atomic E-state index is -2.89. The Morgan fingerprint density at radius 2 is 2.21 bits per heavy atom. The summed E-state index contributed by atoms with van der Waals surface area (Å²) in [6.07, 6.45) is 1.22. The fraction of sp³-hybridized carbons (Fsp3) is 0.571. The van der Waals surface area contributed by atoms with Crippen LogP contribution in [-0.2, 0) is 9.84 Å². The summed E-state index contributed by atoms with van der Waals surface area (Å²) in [6.45, 7) is 0. The maximum atomic E-state index is 11.2. The van der Waals surface area contributed by atoms with Crippen molar-refractivity contribution in [1.82, 2.24) is 10.2 Å². The smallest absolute Gasteiger partial charge is 0.180 e. The molecule has 1 atom stereocenters. The number of carbonyl (C=O) groups is 1. The topological polar surface area (TPSA) is 77.0 Å². The molecule has 0 saturated carbocycles. The van der Waals surface area contributed by atoms with Gasteiger partial charge in [0.05, 0.1) is 11.5 Å². The lowest BCUT2D eigenvalue weighted by Gasteiger charge is -1.98. The van der Waals surface area contributed by atoms with Crippen LogP contribution in [0, 0.1) is 0 Å². The molecule has 0 aromatic carbocycles. The fourth-order valence-corrected chi connectivity index (χ4v) is 4.10.